The Hall–Kier alpha value is -2.18. The molecule has 0 amide bonds. The van der Waals surface area contributed by atoms with E-state index in [1.165, 1.54) is 19.3 Å². The van der Waals surface area contributed by atoms with Crippen LogP contribution in [0.3, 0.4) is 0 Å². The van der Waals surface area contributed by atoms with E-state index in [0.717, 1.165) is 12.8 Å². The van der Waals surface area contributed by atoms with E-state index < -0.39 is 0 Å². The quantitative estimate of drug-likeness (QED) is 0.885. The third-order valence-electron chi connectivity index (χ3n) is 3.72. The molecule has 0 radical (unpaired) electrons. The Labute approximate surface area is 117 Å². The predicted molar refractivity (Wildman–Crippen MR) is 76.5 cm³/mol. The maximum atomic E-state index is 5.77. The van der Waals surface area contributed by atoms with Crippen LogP contribution in [-0.4, -0.2) is 30.3 Å². The molecule has 0 aromatic carbocycles. The normalized spacial score (nSPS) is 17.9. The number of hydrogen-bond acceptors (Lipinski definition) is 6. The number of aromatic nitrogens is 5. The van der Waals surface area contributed by atoms with Gasteiger partial charge in [0, 0.05) is 17.9 Å². The summed E-state index contributed by atoms with van der Waals surface area (Å²) in [6.45, 7) is 2.21. The van der Waals surface area contributed by atoms with Crippen LogP contribution in [0.15, 0.2) is 18.5 Å². The fourth-order valence-corrected chi connectivity index (χ4v) is 2.65. The topological polar surface area (TPSA) is 94.5 Å². The number of nitrogen functional groups attached to an aromatic ring is 1. The summed E-state index contributed by atoms with van der Waals surface area (Å²) in [4.78, 5) is 12.7. The lowest BCUT2D eigenvalue weighted by Gasteiger charge is -2.34. The SMILES string of the molecule is CC1(Nc2nc(N)nc(-n3cccn3)n2)CCCCC1. The van der Waals surface area contributed by atoms with Crippen molar-refractivity contribution >= 4 is 11.9 Å². The second-order valence-electron chi connectivity index (χ2n) is 5.51. The maximum Gasteiger partial charge on any atom is 0.257 e. The molecule has 106 valence electrons. The van der Waals surface area contributed by atoms with Gasteiger partial charge in [-0.05, 0) is 25.8 Å². The molecule has 1 fully saturated rings. The van der Waals surface area contributed by atoms with E-state index in [-0.39, 0.29) is 11.5 Å². The van der Waals surface area contributed by atoms with Gasteiger partial charge in [0.05, 0.1) is 0 Å². The fourth-order valence-electron chi connectivity index (χ4n) is 2.65. The van der Waals surface area contributed by atoms with Gasteiger partial charge in [-0.25, -0.2) is 4.68 Å². The Morgan fingerprint density at radius 2 is 2.00 bits per heavy atom. The summed E-state index contributed by atoms with van der Waals surface area (Å²) in [5.74, 6) is 1.16. The molecule has 20 heavy (non-hydrogen) atoms. The molecule has 7 heteroatoms. The minimum absolute atomic E-state index is 0.0351. The monoisotopic (exact) mass is 273 g/mol. The van der Waals surface area contributed by atoms with Crippen molar-refractivity contribution in [1.29, 1.82) is 0 Å². The molecule has 1 saturated carbocycles. The molecule has 3 rings (SSSR count). The third kappa shape index (κ3) is 2.71. The summed E-state index contributed by atoms with van der Waals surface area (Å²) in [7, 11) is 0. The van der Waals surface area contributed by atoms with Crippen molar-refractivity contribution in [3.05, 3.63) is 18.5 Å². The molecule has 0 atom stereocenters. The van der Waals surface area contributed by atoms with E-state index in [1.807, 2.05) is 6.07 Å². The van der Waals surface area contributed by atoms with Gasteiger partial charge < -0.3 is 11.1 Å². The summed E-state index contributed by atoms with van der Waals surface area (Å²) in [6, 6.07) is 1.82. The lowest BCUT2D eigenvalue weighted by atomic mass is 9.83. The van der Waals surface area contributed by atoms with Gasteiger partial charge in [-0.2, -0.15) is 20.1 Å². The number of nitrogens with zero attached hydrogens (tertiary/aromatic N) is 5. The van der Waals surface area contributed by atoms with E-state index in [2.05, 4.69) is 32.3 Å². The highest BCUT2D eigenvalue weighted by Gasteiger charge is 2.27. The fraction of sp³-hybridized carbons (Fsp3) is 0.538. The van der Waals surface area contributed by atoms with Gasteiger partial charge in [0.2, 0.25) is 11.9 Å². The summed E-state index contributed by atoms with van der Waals surface area (Å²) >= 11 is 0. The first kappa shape index (κ1) is 12.8. The largest absolute Gasteiger partial charge is 0.368 e. The highest BCUT2D eigenvalue weighted by molar-refractivity contribution is 5.37. The molecule has 2 aromatic rings. The van der Waals surface area contributed by atoms with E-state index in [0.29, 0.717) is 11.9 Å². The van der Waals surface area contributed by atoms with Crippen LogP contribution in [0.4, 0.5) is 11.9 Å². The molecule has 0 aliphatic heterocycles. The molecule has 3 N–H and O–H groups in total. The van der Waals surface area contributed by atoms with Crippen molar-refractivity contribution in [2.75, 3.05) is 11.1 Å². The molecular formula is C13H19N7. The molecule has 2 heterocycles. The van der Waals surface area contributed by atoms with Gasteiger partial charge in [0.25, 0.3) is 5.95 Å². The molecule has 2 aromatic heterocycles. The molecule has 0 spiro atoms. The lowest BCUT2D eigenvalue weighted by Crippen LogP contribution is -2.37. The first-order valence-electron chi connectivity index (χ1n) is 6.94. The zero-order valence-electron chi connectivity index (χ0n) is 11.6. The Balaban J connectivity index is 1.86. The zero-order chi connectivity index (χ0) is 14.0. The Bertz CT molecular complexity index is 572. The average Bonchev–Trinajstić information content (AvgIpc) is 2.92. The van der Waals surface area contributed by atoms with Gasteiger partial charge in [-0.3, -0.25) is 0 Å². The number of nitrogens with one attached hydrogen (secondary N) is 1. The van der Waals surface area contributed by atoms with Crippen LogP contribution in [0.1, 0.15) is 39.0 Å². The van der Waals surface area contributed by atoms with Gasteiger partial charge in [0.15, 0.2) is 0 Å². The number of hydrogen-bond donors (Lipinski definition) is 2. The smallest absolute Gasteiger partial charge is 0.257 e. The van der Waals surface area contributed by atoms with Gasteiger partial charge in [0.1, 0.15) is 0 Å². The van der Waals surface area contributed by atoms with E-state index in [9.17, 15) is 0 Å². The molecule has 0 saturated heterocycles. The second kappa shape index (κ2) is 5.07. The molecule has 7 nitrogen and oxygen atoms in total. The van der Waals surface area contributed by atoms with Crippen LogP contribution in [0, 0.1) is 0 Å². The first-order chi connectivity index (χ1) is 9.65. The van der Waals surface area contributed by atoms with Crippen molar-refractivity contribution in [1.82, 2.24) is 24.7 Å². The van der Waals surface area contributed by atoms with Crippen LogP contribution >= 0.6 is 0 Å². The van der Waals surface area contributed by atoms with Crippen LogP contribution in [0.5, 0.6) is 0 Å². The Kier molecular flexibility index (Phi) is 3.25. The lowest BCUT2D eigenvalue weighted by molar-refractivity contribution is 0.347. The summed E-state index contributed by atoms with van der Waals surface area (Å²) in [5, 5.41) is 7.53. The predicted octanol–water partition coefficient (Wildman–Crippen LogP) is 1.77. The molecule has 0 bridgehead atoms. The molecule has 1 aliphatic carbocycles. The van der Waals surface area contributed by atoms with Crippen LogP contribution < -0.4 is 11.1 Å². The highest BCUT2D eigenvalue weighted by Crippen LogP contribution is 2.30. The number of anilines is 2. The van der Waals surface area contributed by atoms with Crippen molar-refractivity contribution in [2.24, 2.45) is 0 Å². The number of nitrogens with two attached hydrogens (primary N) is 1. The standard InChI is InChI=1S/C13H19N7/c1-13(6-3-2-4-7-13)19-11-16-10(14)17-12(18-11)20-9-5-8-15-20/h5,8-9H,2-4,6-7H2,1H3,(H3,14,16,17,18,19). The zero-order valence-corrected chi connectivity index (χ0v) is 11.6. The van der Waals surface area contributed by atoms with Crippen molar-refractivity contribution in [3.63, 3.8) is 0 Å². The van der Waals surface area contributed by atoms with Crippen LogP contribution in [-0.2, 0) is 0 Å². The second-order valence-corrected chi connectivity index (χ2v) is 5.51. The van der Waals surface area contributed by atoms with Gasteiger partial charge in [-0.15, -0.1) is 0 Å². The minimum Gasteiger partial charge on any atom is -0.368 e. The average molecular weight is 273 g/mol. The number of rotatable bonds is 3. The molecule has 1 aliphatic rings. The molecular weight excluding hydrogens is 254 g/mol. The first-order valence-corrected chi connectivity index (χ1v) is 6.94. The summed E-state index contributed by atoms with van der Waals surface area (Å²) in [5.41, 5.74) is 5.81. The van der Waals surface area contributed by atoms with Crippen molar-refractivity contribution in [2.45, 2.75) is 44.6 Å². The summed E-state index contributed by atoms with van der Waals surface area (Å²) in [6.07, 6.45) is 9.46. The van der Waals surface area contributed by atoms with E-state index in [4.69, 9.17) is 5.73 Å². The molecule has 0 unspecified atom stereocenters. The van der Waals surface area contributed by atoms with Gasteiger partial charge in [-0.1, -0.05) is 19.3 Å². The van der Waals surface area contributed by atoms with E-state index >= 15 is 0 Å². The summed E-state index contributed by atoms with van der Waals surface area (Å²) < 4.78 is 1.58. The Morgan fingerprint density at radius 3 is 2.70 bits per heavy atom. The third-order valence-corrected chi connectivity index (χ3v) is 3.72. The van der Waals surface area contributed by atoms with Crippen LogP contribution in [0.25, 0.3) is 5.95 Å². The maximum absolute atomic E-state index is 5.77. The van der Waals surface area contributed by atoms with Gasteiger partial charge >= 0.3 is 0 Å². The van der Waals surface area contributed by atoms with Crippen molar-refractivity contribution in [3.8, 4) is 5.95 Å². The van der Waals surface area contributed by atoms with Crippen LogP contribution in [0.2, 0.25) is 0 Å². The Morgan fingerprint density at radius 1 is 1.20 bits per heavy atom. The minimum atomic E-state index is 0.0351. The highest BCUT2D eigenvalue weighted by atomic mass is 15.4. The van der Waals surface area contributed by atoms with Crippen molar-refractivity contribution < 1.29 is 0 Å². The van der Waals surface area contributed by atoms with E-state index in [1.54, 1.807) is 17.1 Å².